The summed E-state index contributed by atoms with van der Waals surface area (Å²) < 4.78 is 0. The predicted octanol–water partition coefficient (Wildman–Crippen LogP) is -0.445. The predicted molar refractivity (Wildman–Crippen MR) is 44.5 cm³/mol. The third-order valence-electron chi connectivity index (χ3n) is 1.85. The van der Waals surface area contributed by atoms with E-state index in [1.165, 1.54) is 5.06 Å². The van der Waals surface area contributed by atoms with Crippen LogP contribution in [0, 0.1) is 5.21 Å². The van der Waals surface area contributed by atoms with Gasteiger partial charge in [0.2, 0.25) is 0 Å². The highest BCUT2D eigenvalue weighted by atomic mass is 17.0. The molecule has 1 heterocycles. The number of aliphatic hydroxyl groups is 2. The summed E-state index contributed by atoms with van der Waals surface area (Å²) in [5.74, 6) is 0. The number of aliphatic hydroxyl groups excluding tert-OH is 2. The maximum atomic E-state index is 11.0. The van der Waals surface area contributed by atoms with Crippen LogP contribution < -0.4 is 0 Å². The van der Waals surface area contributed by atoms with Gasteiger partial charge in [0.1, 0.15) is 0 Å². The minimum atomic E-state index is -0.342. The number of rotatable bonds is 4. The summed E-state index contributed by atoms with van der Waals surface area (Å²) in [4.78, 5) is 4.75. The van der Waals surface area contributed by atoms with Gasteiger partial charge < -0.3 is 15.4 Å². The molecular formula is C7H13N2O4-. The summed E-state index contributed by atoms with van der Waals surface area (Å²) in [6, 6.07) is 0. The van der Waals surface area contributed by atoms with Crippen molar-refractivity contribution >= 4 is 0 Å². The normalized spacial score (nSPS) is 17.5. The lowest BCUT2D eigenvalue weighted by Crippen LogP contribution is -2.22. The van der Waals surface area contributed by atoms with Crippen LogP contribution in [0.2, 0.25) is 0 Å². The smallest absolute Gasteiger partial charge is 0.0863 e. The molecule has 0 radical (unpaired) electrons. The van der Waals surface area contributed by atoms with Gasteiger partial charge in [-0.15, -0.1) is 0 Å². The molecule has 0 atom stereocenters. The van der Waals surface area contributed by atoms with Crippen LogP contribution >= 0.6 is 0 Å². The molecule has 1 aliphatic heterocycles. The molecule has 0 spiro atoms. The average Bonchev–Trinajstić information content (AvgIpc) is 2.38. The Bertz CT molecular complexity index is 207. The Morgan fingerprint density at radius 3 is 2.62 bits per heavy atom. The SMILES string of the molecule is CC1=C(CO)N([O-])ON1CCCO. The quantitative estimate of drug-likeness (QED) is 0.623. The van der Waals surface area contributed by atoms with Gasteiger partial charge >= 0.3 is 0 Å². The van der Waals surface area contributed by atoms with E-state index in [1.807, 2.05) is 0 Å². The summed E-state index contributed by atoms with van der Waals surface area (Å²) in [5, 5.41) is 30.0. The number of allylic oxidation sites excluding steroid dienone is 1. The lowest BCUT2D eigenvalue weighted by atomic mass is 10.3. The van der Waals surface area contributed by atoms with Gasteiger partial charge in [-0.3, -0.25) is 5.23 Å². The Balaban J connectivity index is 2.56. The molecule has 0 saturated carbocycles. The average molecular weight is 189 g/mol. The van der Waals surface area contributed by atoms with Crippen LogP contribution in [-0.4, -0.2) is 40.3 Å². The van der Waals surface area contributed by atoms with Gasteiger partial charge in [0.25, 0.3) is 0 Å². The van der Waals surface area contributed by atoms with Gasteiger partial charge in [0.15, 0.2) is 0 Å². The van der Waals surface area contributed by atoms with Crippen molar-refractivity contribution in [3.8, 4) is 0 Å². The van der Waals surface area contributed by atoms with Gasteiger partial charge in [-0.25, -0.2) is 5.06 Å². The highest BCUT2D eigenvalue weighted by Gasteiger charge is 2.21. The van der Waals surface area contributed by atoms with E-state index in [1.54, 1.807) is 6.92 Å². The van der Waals surface area contributed by atoms with Crippen LogP contribution in [0.25, 0.3) is 0 Å². The van der Waals surface area contributed by atoms with E-state index in [2.05, 4.69) is 0 Å². The van der Waals surface area contributed by atoms with Crippen molar-refractivity contribution in [1.82, 2.24) is 10.3 Å². The van der Waals surface area contributed by atoms with Gasteiger partial charge in [0.05, 0.1) is 18.0 Å². The van der Waals surface area contributed by atoms with E-state index >= 15 is 0 Å². The topological polar surface area (TPSA) is 79.2 Å². The van der Waals surface area contributed by atoms with E-state index in [0.717, 1.165) is 0 Å². The van der Waals surface area contributed by atoms with Crippen LogP contribution in [0.1, 0.15) is 13.3 Å². The van der Waals surface area contributed by atoms with Crippen molar-refractivity contribution in [2.75, 3.05) is 19.8 Å². The summed E-state index contributed by atoms with van der Waals surface area (Å²) >= 11 is 0. The van der Waals surface area contributed by atoms with E-state index < -0.39 is 0 Å². The molecule has 6 heteroatoms. The molecular weight excluding hydrogens is 176 g/mol. The first-order chi connectivity index (χ1) is 6.20. The highest BCUT2D eigenvalue weighted by Crippen LogP contribution is 2.22. The summed E-state index contributed by atoms with van der Waals surface area (Å²) in [5.41, 5.74) is 0.795. The summed E-state index contributed by atoms with van der Waals surface area (Å²) in [6.45, 7) is 1.82. The molecule has 0 fully saturated rings. The van der Waals surface area contributed by atoms with E-state index in [4.69, 9.17) is 15.2 Å². The van der Waals surface area contributed by atoms with Crippen molar-refractivity contribution in [3.63, 3.8) is 0 Å². The molecule has 1 rings (SSSR count). The number of hydroxylamine groups is 4. The molecule has 0 amide bonds. The monoisotopic (exact) mass is 189 g/mol. The Morgan fingerprint density at radius 2 is 2.15 bits per heavy atom. The van der Waals surface area contributed by atoms with E-state index in [0.29, 0.717) is 18.7 Å². The maximum Gasteiger partial charge on any atom is 0.0863 e. The van der Waals surface area contributed by atoms with E-state index in [-0.39, 0.29) is 24.1 Å². The molecule has 0 aromatic rings. The summed E-state index contributed by atoms with van der Waals surface area (Å²) in [6.07, 6.45) is 0.518. The number of nitrogens with zero attached hydrogens (tertiary/aromatic N) is 2. The third kappa shape index (κ3) is 2.10. The van der Waals surface area contributed by atoms with Crippen molar-refractivity contribution in [2.45, 2.75) is 13.3 Å². The molecule has 0 unspecified atom stereocenters. The molecule has 2 N–H and O–H groups in total. The molecule has 0 aromatic heterocycles. The van der Waals surface area contributed by atoms with Crippen LogP contribution in [-0.2, 0) is 4.94 Å². The minimum absolute atomic E-state index is 0.0421. The van der Waals surface area contributed by atoms with Crippen LogP contribution in [0.5, 0.6) is 0 Å². The minimum Gasteiger partial charge on any atom is -0.732 e. The van der Waals surface area contributed by atoms with Crippen molar-refractivity contribution in [3.05, 3.63) is 16.6 Å². The highest BCUT2D eigenvalue weighted by molar-refractivity contribution is 5.11. The summed E-state index contributed by atoms with van der Waals surface area (Å²) in [7, 11) is 0. The zero-order valence-electron chi connectivity index (χ0n) is 7.43. The lowest BCUT2D eigenvalue weighted by Gasteiger charge is -2.25. The Hall–Kier alpha value is -0.820. The molecule has 1 aliphatic rings. The van der Waals surface area contributed by atoms with Gasteiger partial charge in [0, 0.05) is 13.2 Å². The van der Waals surface area contributed by atoms with Crippen molar-refractivity contribution < 1.29 is 15.2 Å². The Labute approximate surface area is 76.1 Å². The second-order valence-electron chi connectivity index (χ2n) is 2.71. The first kappa shape index (κ1) is 10.3. The molecule has 0 saturated heterocycles. The van der Waals surface area contributed by atoms with E-state index in [9.17, 15) is 5.21 Å². The van der Waals surface area contributed by atoms with Crippen molar-refractivity contribution in [1.29, 1.82) is 0 Å². The number of hydrogen-bond acceptors (Lipinski definition) is 6. The fraction of sp³-hybridized carbons (Fsp3) is 0.714. The second-order valence-corrected chi connectivity index (χ2v) is 2.71. The van der Waals surface area contributed by atoms with Gasteiger partial charge in [-0.2, -0.15) is 4.94 Å². The zero-order valence-corrected chi connectivity index (χ0v) is 7.43. The molecule has 0 aliphatic carbocycles. The fourth-order valence-corrected chi connectivity index (χ4v) is 1.07. The largest absolute Gasteiger partial charge is 0.732 e. The molecule has 6 nitrogen and oxygen atoms in total. The van der Waals surface area contributed by atoms with Crippen LogP contribution in [0.3, 0.4) is 0 Å². The molecule has 76 valence electrons. The standard InChI is InChI=1S/C7H13N2O4/c1-6-7(5-11)9(12)13-8(6)3-2-4-10/h10-11H,2-5H2,1H3/q-1. The second kappa shape index (κ2) is 4.43. The van der Waals surface area contributed by atoms with Crippen molar-refractivity contribution in [2.24, 2.45) is 0 Å². The number of hydrogen-bond donors (Lipinski definition) is 2. The van der Waals surface area contributed by atoms with Crippen LogP contribution in [0.4, 0.5) is 0 Å². The molecule has 13 heavy (non-hydrogen) atoms. The van der Waals surface area contributed by atoms with Gasteiger partial charge in [-0.05, 0) is 13.3 Å². The Kier molecular flexibility index (Phi) is 3.49. The molecule has 0 aromatic carbocycles. The lowest BCUT2D eigenvalue weighted by molar-refractivity contribution is -0.246. The first-order valence-electron chi connectivity index (χ1n) is 4.05. The third-order valence-corrected chi connectivity index (χ3v) is 1.85. The first-order valence-corrected chi connectivity index (χ1v) is 4.05. The fourth-order valence-electron chi connectivity index (χ4n) is 1.07. The van der Waals surface area contributed by atoms with Gasteiger partial charge in [-0.1, -0.05) is 0 Å². The Morgan fingerprint density at radius 1 is 1.46 bits per heavy atom. The zero-order chi connectivity index (χ0) is 9.84. The maximum absolute atomic E-state index is 11.0. The molecule has 0 bridgehead atoms. The van der Waals surface area contributed by atoms with Crippen LogP contribution in [0.15, 0.2) is 11.4 Å².